The molecule has 0 spiro atoms. The molecule has 0 bridgehead atoms. The van der Waals surface area contributed by atoms with Crippen molar-refractivity contribution in [3.05, 3.63) is 59.2 Å². The maximum Gasteiger partial charge on any atom is 0.254 e. The van der Waals surface area contributed by atoms with Crippen molar-refractivity contribution in [1.82, 2.24) is 4.90 Å². The fourth-order valence-corrected chi connectivity index (χ4v) is 3.92. The molecule has 0 N–H and O–H groups in total. The summed E-state index contributed by atoms with van der Waals surface area (Å²) in [5, 5.41) is 0. The van der Waals surface area contributed by atoms with E-state index < -0.39 is 0 Å². The zero-order chi connectivity index (χ0) is 19.7. The summed E-state index contributed by atoms with van der Waals surface area (Å²) in [6.07, 6.45) is 3.39. The highest BCUT2D eigenvalue weighted by Crippen LogP contribution is 2.34. The highest BCUT2D eigenvalue weighted by molar-refractivity contribution is 5.98. The highest BCUT2D eigenvalue weighted by atomic mass is 16.5. The lowest BCUT2D eigenvalue weighted by atomic mass is 10.1. The van der Waals surface area contributed by atoms with Crippen molar-refractivity contribution in [2.45, 2.75) is 45.2 Å². The number of nitrogens with zero attached hydrogens (tertiary/aromatic N) is 2. The minimum Gasteiger partial charge on any atom is -0.496 e. The number of anilines is 1. The zero-order valence-corrected chi connectivity index (χ0v) is 16.5. The molecule has 2 aromatic rings. The molecular formula is C23H26N2O3. The monoisotopic (exact) mass is 378 g/mol. The van der Waals surface area contributed by atoms with Crippen LogP contribution in [-0.4, -0.2) is 36.4 Å². The van der Waals surface area contributed by atoms with Gasteiger partial charge in [-0.25, -0.2) is 0 Å². The van der Waals surface area contributed by atoms with Crippen LogP contribution in [0.2, 0.25) is 0 Å². The van der Waals surface area contributed by atoms with Crippen LogP contribution in [0.5, 0.6) is 5.75 Å². The molecule has 1 fully saturated rings. The molecule has 0 atom stereocenters. The first-order valence-electron chi connectivity index (χ1n) is 9.98. The summed E-state index contributed by atoms with van der Waals surface area (Å²) in [6, 6.07) is 13.9. The molecule has 0 unspecified atom stereocenters. The van der Waals surface area contributed by atoms with Crippen LogP contribution in [0.3, 0.4) is 0 Å². The van der Waals surface area contributed by atoms with E-state index in [1.165, 1.54) is 0 Å². The van der Waals surface area contributed by atoms with E-state index in [9.17, 15) is 9.59 Å². The fraction of sp³-hybridized carbons (Fsp3) is 0.391. The summed E-state index contributed by atoms with van der Waals surface area (Å²) in [5.74, 6) is 0.994. The lowest BCUT2D eigenvalue weighted by Crippen LogP contribution is -2.32. The van der Waals surface area contributed by atoms with E-state index in [1.54, 1.807) is 7.11 Å². The minimum atomic E-state index is 0.0523. The second kappa shape index (κ2) is 7.66. The molecule has 2 aromatic carbocycles. The Kier molecular flexibility index (Phi) is 5.07. The predicted molar refractivity (Wildman–Crippen MR) is 109 cm³/mol. The summed E-state index contributed by atoms with van der Waals surface area (Å²) < 4.78 is 5.46. The van der Waals surface area contributed by atoms with E-state index in [0.717, 1.165) is 41.8 Å². The largest absolute Gasteiger partial charge is 0.496 e. The average Bonchev–Trinajstić information content (AvgIpc) is 3.49. The normalized spacial score (nSPS) is 15.3. The van der Waals surface area contributed by atoms with Crippen LogP contribution in [0.4, 0.5) is 5.69 Å². The smallest absolute Gasteiger partial charge is 0.254 e. The van der Waals surface area contributed by atoms with Gasteiger partial charge in [-0.3, -0.25) is 9.59 Å². The van der Waals surface area contributed by atoms with Gasteiger partial charge < -0.3 is 14.5 Å². The summed E-state index contributed by atoms with van der Waals surface area (Å²) in [5.41, 5.74) is 3.75. The highest BCUT2D eigenvalue weighted by Gasteiger charge is 2.34. The van der Waals surface area contributed by atoms with E-state index in [0.29, 0.717) is 31.1 Å². The number of ether oxygens (including phenoxy) is 1. The zero-order valence-electron chi connectivity index (χ0n) is 16.5. The molecule has 0 aromatic heterocycles. The van der Waals surface area contributed by atoms with Crippen molar-refractivity contribution in [3.63, 3.8) is 0 Å². The van der Waals surface area contributed by atoms with Crippen LogP contribution in [-0.2, 0) is 17.8 Å². The predicted octanol–water partition coefficient (Wildman–Crippen LogP) is 3.80. The number of hydrogen-bond acceptors (Lipinski definition) is 3. The molecule has 146 valence electrons. The summed E-state index contributed by atoms with van der Waals surface area (Å²) in [6.45, 7) is 3.13. The van der Waals surface area contributed by atoms with Crippen LogP contribution >= 0.6 is 0 Å². The SMILES string of the molecule is CCC(=O)N1CCc2cc(C(=O)N(Cc3ccccc3OC)C3CC3)ccc21. The van der Waals surface area contributed by atoms with Crippen molar-refractivity contribution in [3.8, 4) is 5.75 Å². The van der Waals surface area contributed by atoms with E-state index in [-0.39, 0.29) is 11.8 Å². The second-order valence-corrected chi connectivity index (χ2v) is 7.47. The quantitative estimate of drug-likeness (QED) is 0.768. The number of hydrogen-bond donors (Lipinski definition) is 0. The molecule has 5 heteroatoms. The molecule has 0 radical (unpaired) electrons. The van der Waals surface area contributed by atoms with Crippen molar-refractivity contribution < 1.29 is 14.3 Å². The number of methoxy groups -OCH3 is 1. The van der Waals surface area contributed by atoms with Crippen LogP contribution in [0.15, 0.2) is 42.5 Å². The van der Waals surface area contributed by atoms with Gasteiger partial charge in [0.25, 0.3) is 5.91 Å². The third-order valence-corrected chi connectivity index (χ3v) is 5.61. The van der Waals surface area contributed by atoms with E-state index >= 15 is 0 Å². The molecule has 1 aliphatic heterocycles. The maximum atomic E-state index is 13.3. The van der Waals surface area contributed by atoms with Gasteiger partial charge in [0.1, 0.15) is 5.75 Å². The van der Waals surface area contributed by atoms with Crippen molar-refractivity contribution in [1.29, 1.82) is 0 Å². The lowest BCUT2D eigenvalue weighted by molar-refractivity contribution is -0.118. The van der Waals surface area contributed by atoms with Crippen molar-refractivity contribution >= 4 is 17.5 Å². The maximum absolute atomic E-state index is 13.3. The Bertz CT molecular complexity index is 904. The van der Waals surface area contributed by atoms with Gasteiger partial charge in [-0.15, -0.1) is 0 Å². The minimum absolute atomic E-state index is 0.0523. The van der Waals surface area contributed by atoms with Gasteiger partial charge in [0.2, 0.25) is 5.91 Å². The molecule has 1 aliphatic carbocycles. The topological polar surface area (TPSA) is 49.9 Å². The fourth-order valence-electron chi connectivity index (χ4n) is 3.92. The number of para-hydroxylation sites is 1. The van der Waals surface area contributed by atoms with Gasteiger partial charge in [0.15, 0.2) is 0 Å². The Labute approximate surface area is 165 Å². The molecule has 5 nitrogen and oxygen atoms in total. The van der Waals surface area contributed by atoms with Gasteiger partial charge >= 0.3 is 0 Å². The number of fused-ring (bicyclic) bond motifs is 1. The standard InChI is InChI=1S/C23H26N2O3/c1-3-22(26)24-13-12-16-14-17(8-11-20(16)24)23(27)25(19-9-10-19)15-18-6-4-5-7-21(18)28-2/h4-8,11,14,19H,3,9-10,12-13,15H2,1-2H3. The number of benzene rings is 2. The molecule has 1 heterocycles. The Morgan fingerprint density at radius 3 is 2.68 bits per heavy atom. The van der Waals surface area contributed by atoms with E-state index in [4.69, 9.17) is 4.74 Å². The number of carbonyl (C=O) groups excluding carboxylic acids is 2. The van der Waals surface area contributed by atoms with Crippen molar-refractivity contribution in [2.24, 2.45) is 0 Å². The second-order valence-electron chi connectivity index (χ2n) is 7.47. The molecule has 28 heavy (non-hydrogen) atoms. The van der Waals surface area contributed by atoms with Crippen LogP contribution in [0.25, 0.3) is 0 Å². The Balaban J connectivity index is 1.58. The Morgan fingerprint density at radius 1 is 1.18 bits per heavy atom. The first kappa shape index (κ1) is 18.5. The molecule has 2 aliphatic rings. The van der Waals surface area contributed by atoms with Crippen LogP contribution in [0, 0.1) is 0 Å². The third kappa shape index (κ3) is 3.49. The number of amides is 2. The summed E-state index contributed by atoms with van der Waals surface area (Å²) in [7, 11) is 1.66. The lowest BCUT2D eigenvalue weighted by Gasteiger charge is -2.24. The van der Waals surface area contributed by atoms with Gasteiger partial charge in [-0.2, -0.15) is 0 Å². The first-order valence-corrected chi connectivity index (χ1v) is 9.98. The van der Waals surface area contributed by atoms with E-state index in [1.807, 2.05) is 59.2 Å². The Hall–Kier alpha value is -2.82. The number of carbonyl (C=O) groups is 2. The first-order chi connectivity index (χ1) is 13.6. The van der Waals surface area contributed by atoms with Gasteiger partial charge in [-0.05, 0) is 49.1 Å². The molecular weight excluding hydrogens is 352 g/mol. The van der Waals surface area contributed by atoms with Crippen LogP contribution in [0.1, 0.15) is 47.7 Å². The molecule has 1 saturated carbocycles. The molecule has 4 rings (SSSR count). The summed E-state index contributed by atoms with van der Waals surface area (Å²) >= 11 is 0. The Morgan fingerprint density at radius 2 is 1.96 bits per heavy atom. The molecule has 0 saturated heterocycles. The van der Waals surface area contributed by atoms with Gasteiger partial charge in [0.05, 0.1) is 7.11 Å². The average molecular weight is 378 g/mol. The van der Waals surface area contributed by atoms with Crippen LogP contribution < -0.4 is 9.64 Å². The number of rotatable bonds is 6. The van der Waals surface area contributed by atoms with E-state index in [2.05, 4.69) is 0 Å². The van der Waals surface area contributed by atoms with Crippen molar-refractivity contribution in [2.75, 3.05) is 18.6 Å². The summed E-state index contributed by atoms with van der Waals surface area (Å²) in [4.78, 5) is 29.2. The molecule has 2 amide bonds. The van der Waals surface area contributed by atoms with Gasteiger partial charge in [0, 0.05) is 42.4 Å². The third-order valence-electron chi connectivity index (χ3n) is 5.61. The van der Waals surface area contributed by atoms with Gasteiger partial charge in [-0.1, -0.05) is 25.1 Å².